The van der Waals surface area contributed by atoms with Crippen LogP contribution in [0.2, 0.25) is 0 Å². The summed E-state index contributed by atoms with van der Waals surface area (Å²) in [5, 5.41) is 3.22. The second kappa shape index (κ2) is 6.45. The molecule has 1 aromatic carbocycles. The van der Waals surface area contributed by atoms with Crippen LogP contribution in [0.5, 0.6) is 0 Å². The van der Waals surface area contributed by atoms with Gasteiger partial charge >= 0.3 is 0 Å². The zero-order chi connectivity index (χ0) is 17.2. The molecule has 0 amide bonds. The minimum absolute atomic E-state index is 0.0572. The van der Waals surface area contributed by atoms with Crippen molar-refractivity contribution in [3.8, 4) is 11.3 Å². The van der Waals surface area contributed by atoms with Gasteiger partial charge in [0.25, 0.3) is 0 Å². The highest BCUT2D eigenvalue weighted by Gasteiger charge is 2.16. The van der Waals surface area contributed by atoms with Crippen LogP contribution in [0.1, 0.15) is 6.92 Å². The Balaban J connectivity index is 2.11. The summed E-state index contributed by atoms with van der Waals surface area (Å²) in [5.74, 6) is 0.738. The predicted octanol–water partition coefficient (Wildman–Crippen LogP) is 3.02. The van der Waals surface area contributed by atoms with Crippen LogP contribution in [-0.2, 0) is 16.9 Å². The van der Waals surface area contributed by atoms with E-state index in [4.69, 9.17) is 0 Å². The van der Waals surface area contributed by atoms with Crippen LogP contribution in [-0.4, -0.2) is 28.7 Å². The summed E-state index contributed by atoms with van der Waals surface area (Å²) in [5.41, 5.74) is 2.17. The summed E-state index contributed by atoms with van der Waals surface area (Å²) < 4.78 is 26.2. The van der Waals surface area contributed by atoms with E-state index in [0.717, 1.165) is 11.3 Å². The topological polar surface area (TPSA) is 76.9 Å². The number of nitrogens with zero attached hydrogens (tertiary/aromatic N) is 3. The maximum absolute atomic E-state index is 12.2. The second-order valence-electron chi connectivity index (χ2n) is 5.38. The van der Waals surface area contributed by atoms with Gasteiger partial charge in [-0.2, -0.15) is 0 Å². The van der Waals surface area contributed by atoms with Crippen molar-refractivity contribution in [1.29, 1.82) is 0 Å². The number of nitrogens with one attached hydrogen (secondary N) is 1. The summed E-state index contributed by atoms with van der Waals surface area (Å²) in [6.07, 6.45) is 5.22. The van der Waals surface area contributed by atoms with Gasteiger partial charge in [-0.1, -0.05) is 13.0 Å². The van der Waals surface area contributed by atoms with Gasteiger partial charge in [0.2, 0.25) is 0 Å². The zero-order valence-electron chi connectivity index (χ0n) is 13.5. The molecule has 0 spiro atoms. The molecule has 0 unspecified atom stereocenters. The molecule has 0 aliphatic carbocycles. The Labute approximate surface area is 141 Å². The van der Waals surface area contributed by atoms with Gasteiger partial charge in [-0.15, -0.1) is 0 Å². The highest BCUT2D eigenvalue weighted by atomic mass is 32.2. The largest absolute Gasteiger partial charge is 0.340 e. The second-order valence-corrected chi connectivity index (χ2v) is 7.65. The first-order valence-corrected chi connectivity index (χ1v) is 9.18. The van der Waals surface area contributed by atoms with Crippen LogP contribution in [0.4, 0.5) is 11.5 Å². The molecule has 2 aromatic heterocycles. The average Bonchev–Trinajstić information content (AvgIpc) is 3.02. The Hall–Kier alpha value is -2.67. The third kappa shape index (κ3) is 3.30. The molecule has 24 heavy (non-hydrogen) atoms. The molecule has 0 atom stereocenters. The molecule has 6 nitrogen and oxygen atoms in total. The van der Waals surface area contributed by atoms with Gasteiger partial charge < -0.3 is 9.88 Å². The van der Waals surface area contributed by atoms with E-state index in [-0.39, 0.29) is 10.6 Å². The van der Waals surface area contributed by atoms with E-state index in [9.17, 15) is 8.42 Å². The van der Waals surface area contributed by atoms with Gasteiger partial charge in [-0.3, -0.25) is 0 Å². The number of aryl methyl sites for hydroxylation is 1. The van der Waals surface area contributed by atoms with Crippen molar-refractivity contribution >= 4 is 21.3 Å². The third-order valence-electron chi connectivity index (χ3n) is 3.64. The van der Waals surface area contributed by atoms with E-state index in [0.29, 0.717) is 11.5 Å². The summed E-state index contributed by atoms with van der Waals surface area (Å²) in [4.78, 5) is 8.88. The number of benzene rings is 1. The molecule has 2 heterocycles. The first-order chi connectivity index (χ1) is 11.5. The minimum atomic E-state index is -3.29. The molecule has 0 saturated carbocycles. The van der Waals surface area contributed by atoms with Crippen molar-refractivity contribution in [3.63, 3.8) is 0 Å². The van der Waals surface area contributed by atoms with Gasteiger partial charge in [0.05, 0.1) is 22.7 Å². The van der Waals surface area contributed by atoms with Crippen molar-refractivity contribution in [2.45, 2.75) is 11.8 Å². The van der Waals surface area contributed by atoms with Gasteiger partial charge in [-0.05, 0) is 30.3 Å². The fourth-order valence-corrected chi connectivity index (χ4v) is 3.24. The van der Waals surface area contributed by atoms with Crippen molar-refractivity contribution < 1.29 is 8.42 Å². The molecule has 3 rings (SSSR count). The summed E-state index contributed by atoms with van der Waals surface area (Å²) in [6, 6.07) is 10.6. The lowest BCUT2D eigenvalue weighted by Crippen LogP contribution is -2.05. The maximum atomic E-state index is 12.2. The molecule has 0 radical (unpaired) electrons. The van der Waals surface area contributed by atoms with Crippen molar-refractivity contribution in [1.82, 2.24) is 14.5 Å². The number of hydrogen-bond acceptors (Lipinski definition) is 5. The molecular formula is C17H18N4O2S. The number of sulfone groups is 1. The Kier molecular flexibility index (Phi) is 4.35. The number of imidazole rings is 1. The number of pyridine rings is 1. The van der Waals surface area contributed by atoms with Crippen LogP contribution >= 0.6 is 0 Å². The average molecular weight is 342 g/mol. The lowest BCUT2D eigenvalue weighted by atomic mass is 10.1. The van der Waals surface area contributed by atoms with Crippen molar-refractivity contribution in [3.05, 3.63) is 55.1 Å². The fourth-order valence-electron chi connectivity index (χ4n) is 2.33. The molecule has 7 heteroatoms. The molecule has 3 aromatic rings. The van der Waals surface area contributed by atoms with Crippen molar-refractivity contribution in [2.75, 3.05) is 11.1 Å². The number of anilines is 2. The van der Waals surface area contributed by atoms with Crippen LogP contribution < -0.4 is 5.32 Å². The van der Waals surface area contributed by atoms with E-state index in [1.54, 1.807) is 37.6 Å². The smallest absolute Gasteiger partial charge is 0.178 e. The predicted molar refractivity (Wildman–Crippen MR) is 93.9 cm³/mol. The zero-order valence-corrected chi connectivity index (χ0v) is 14.3. The van der Waals surface area contributed by atoms with Crippen LogP contribution in [0, 0.1) is 0 Å². The minimum Gasteiger partial charge on any atom is -0.340 e. The van der Waals surface area contributed by atoms with Crippen LogP contribution in [0.3, 0.4) is 0 Å². The van der Waals surface area contributed by atoms with Gasteiger partial charge in [0.15, 0.2) is 9.84 Å². The quantitative estimate of drug-likeness (QED) is 0.771. The van der Waals surface area contributed by atoms with Crippen LogP contribution in [0.15, 0.2) is 60.0 Å². The SMILES string of the molecule is CCS(=O)(=O)c1ccc(Nc2ccccn2)c(-c2cn(C)cn2)c1. The first-order valence-electron chi connectivity index (χ1n) is 7.53. The standard InChI is InChI=1S/C17H18N4O2S/c1-3-24(22,23)13-7-8-15(20-17-6-4-5-9-18-17)14(10-13)16-11-21(2)12-19-16/h4-12H,3H2,1-2H3,(H,18,20). The van der Waals surface area contributed by atoms with E-state index in [2.05, 4.69) is 15.3 Å². The first kappa shape index (κ1) is 16.2. The Morgan fingerprint density at radius 1 is 1.17 bits per heavy atom. The summed E-state index contributed by atoms with van der Waals surface area (Å²) >= 11 is 0. The van der Waals surface area contributed by atoms with Crippen molar-refractivity contribution in [2.24, 2.45) is 7.05 Å². The number of aromatic nitrogens is 3. The molecule has 0 bridgehead atoms. The Bertz CT molecular complexity index is 950. The molecule has 124 valence electrons. The lowest BCUT2D eigenvalue weighted by molar-refractivity contribution is 0.597. The maximum Gasteiger partial charge on any atom is 0.178 e. The summed E-state index contributed by atoms with van der Waals surface area (Å²) in [7, 11) is -1.42. The molecular weight excluding hydrogens is 324 g/mol. The fraction of sp³-hybridized carbons (Fsp3) is 0.176. The Morgan fingerprint density at radius 2 is 2.00 bits per heavy atom. The van der Waals surface area contributed by atoms with E-state index in [1.807, 2.05) is 36.0 Å². The molecule has 0 aliphatic rings. The van der Waals surface area contributed by atoms with E-state index in [1.165, 1.54) is 0 Å². The van der Waals surface area contributed by atoms with Gasteiger partial charge in [0.1, 0.15) is 5.82 Å². The van der Waals surface area contributed by atoms with Gasteiger partial charge in [0, 0.05) is 30.7 Å². The monoisotopic (exact) mass is 342 g/mol. The molecule has 0 saturated heterocycles. The third-order valence-corrected chi connectivity index (χ3v) is 5.37. The number of hydrogen-bond donors (Lipinski definition) is 1. The highest BCUT2D eigenvalue weighted by molar-refractivity contribution is 7.91. The van der Waals surface area contributed by atoms with E-state index >= 15 is 0 Å². The normalized spacial score (nSPS) is 11.4. The highest BCUT2D eigenvalue weighted by Crippen LogP contribution is 2.31. The molecule has 1 N–H and O–H groups in total. The lowest BCUT2D eigenvalue weighted by Gasteiger charge is -2.12. The molecule has 0 aliphatic heterocycles. The number of rotatable bonds is 5. The van der Waals surface area contributed by atoms with E-state index < -0.39 is 9.84 Å². The Morgan fingerprint density at radius 3 is 2.62 bits per heavy atom. The van der Waals surface area contributed by atoms with Crippen LogP contribution in [0.25, 0.3) is 11.3 Å². The van der Waals surface area contributed by atoms with Gasteiger partial charge in [-0.25, -0.2) is 18.4 Å². The summed E-state index contributed by atoms with van der Waals surface area (Å²) in [6.45, 7) is 1.63. The molecule has 0 fully saturated rings.